The molecule has 1 aliphatic rings. The molecule has 1 saturated carbocycles. The molecule has 1 aliphatic carbocycles. The molecule has 18 heavy (non-hydrogen) atoms. The first-order chi connectivity index (χ1) is 8.83. The molecule has 2 aromatic rings. The molecule has 2 heteroatoms. The summed E-state index contributed by atoms with van der Waals surface area (Å²) in [6.07, 6.45) is 1.23. The van der Waals surface area contributed by atoms with Gasteiger partial charge in [0.05, 0.1) is 6.61 Å². The number of rotatable bonds is 4. The van der Waals surface area contributed by atoms with Crippen LogP contribution in [0.2, 0.25) is 0 Å². The lowest BCUT2D eigenvalue weighted by atomic mass is 10.1. The van der Waals surface area contributed by atoms with Crippen LogP contribution < -0.4 is 10.5 Å². The quantitative estimate of drug-likeness (QED) is 0.829. The lowest BCUT2D eigenvalue weighted by Gasteiger charge is -2.06. The number of ether oxygens (including phenoxy) is 1. The second-order valence-corrected chi connectivity index (χ2v) is 4.90. The highest BCUT2D eigenvalue weighted by atomic mass is 16.5. The summed E-state index contributed by atoms with van der Waals surface area (Å²) in [5.74, 6) is 2.19. The van der Waals surface area contributed by atoms with E-state index in [0.29, 0.717) is 11.8 Å². The van der Waals surface area contributed by atoms with Crippen molar-refractivity contribution in [2.45, 2.75) is 12.3 Å². The first-order valence-electron chi connectivity index (χ1n) is 6.36. The second-order valence-electron chi connectivity index (χ2n) is 4.90. The second kappa shape index (κ2) is 4.73. The van der Waals surface area contributed by atoms with Crippen molar-refractivity contribution in [3.05, 3.63) is 60.2 Å². The normalized spacial score (nSPS) is 21.6. The Hall–Kier alpha value is -1.96. The molecule has 0 aliphatic heterocycles. The van der Waals surface area contributed by atoms with Crippen molar-refractivity contribution in [3.8, 4) is 5.75 Å². The zero-order chi connectivity index (χ0) is 12.4. The topological polar surface area (TPSA) is 35.2 Å². The van der Waals surface area contributed by atoms with Crippen LogP contribution in [0.1, 0.15) is 17.9 Å². The fourth-order valence-corrected chi connectivity index (χ4v) is 2.35. The summed E-state index contributed by atoms with van der Waals surface area (Å²) in [7, 11) is 0. The molecule has 0 bridgehead atoms. The Morgan fingerprint density at radius 1 is 1.06 bits per heavy atom. The van der Waals surface area contributed by atoms with E-state index in [0.717, 1.165) is 18.0 Å². The van der Waals surface area contributed by atoms with Crippen molar-refractivity contribution in [3.63, 3.8) is 0 Å². The molecule has 0 aromatic heterocycles. The largest absolute Gasteiger partial charge is 0.493 e. The van der Waals surface area contributed by atoms with Crippen molar-refractivity contribution in [1.82, 2.24) is 0 Å². The first kappa shape index (κ1) is 11.1. The van der Waals surface area contributed by atoms with Crippen LogP contribution in [-0.4, -0.2) is 6.61 Å². The van der Waals surface area contributed by atoms with E-state index >= 15 is 0 Å². The Labute approximate surface area is 107 Å². The highest BCUT2D eigenvalue weighted by molar-refractivity contribution is 5.43. The van der Waals surface area contributed by atoms with Gasteiger partial charge in [-0.25, -0.2) is 0 Å². The summed E-state index contributed by atoms with van der Waals surface area (Å²) in [4.78, 5) is 0. The third-order valence-electron chi connectivity index (χ3n) is 3.47. The average molecular weight is 239 g/mol. The number of nitrogen functional groups attached to an aromatic ring is 1. The van der Waals surface area contributed by atoms with Gasteiger partial charge in [0, 0.05) is 17.7 Å². The standard InChI is InChI=1S/C16H17NO/c17-14-7-4-8-15(10-14)18-11-13-9-16(13)12-5-2-1-3-6-12/h1-8,10,13,16H,9,11,17H2/t13-,16-/m0/s1. The van der Waals surface area contributed by atoms with Crippen molar-refractivity contribution >= 4 is 5.69 Å². The monoisotopic (exact) mass is 239 g/mol. The molecule has 2 atom stereocenters. The van der Waals surface area contributed by atoms with Crippen LogP contribution in [0.15, 0.2) is 54.6 Å². The maximum Gasteiger partial charge on any atom is 0.121 e. The van der Waals surface area contributed by atoms with Gasteiger partial charge in [0.1, 0.15) is 5.75 Å². The van der Waals surface area contributed by atoms with Crippen LogP contribution in [-0.2, 0) is 0 Å². The van der Waals surface area contributed by atoms with Gasteiger partial charge < -0.3 is 10.5 Å². The van der Waals surface area contributed by atoms with E-state index in [1.807, 2.05) is 24.3 Å². The van der Waals surface area contributed by atoms with Gasteiger partial charge in [0.15, 0.2) is 0 Å². The van der Waals surface area contributed by atoms with Crippen molar-refractivity contribution in [2.75, 3.05) is 12.3 Å². The van der Waals surface area contributed by atoms with E-state index in [9.17, 15) is 0 Å². The summed E-state index contributed by atoms with van der Waals surface area (Å²) >= 11 is 0. The first-order valence-corrected chi connectivity index (χ1v) is 6.36. The summed E-state index contributed by atoms with van der Waals surface area (Å²) < 4.78 is 5.78. The van der Waals surface area contributed by atoms with Gasteiger partial charge in [-0.3, -0.25) is 0 Å². The van der Waals surface area contributed by atoms with Crippen LogP contribution in [0, 0.1) is 5.92 Å². The number of benzene rings is 2. The highest BCUT2D eigenvalue weighted by Crippen LogP contribution is 2.47. The summed E-state index contributed by atoms with van der Waals surface area (Å²) in [6, 6.07) is 18.3. The zero-order valence-electron chi connectivity index (χ0n) is 10.3. The smallest absolute Gasteiger partial charge is 0.121 e. The van der Waals surface area contributed by atoms with Gasteiger partial charge in [-0.2, -0.15) is 0 Å². The Balaban J connectivity index is 1.55. The molecular formula is C16H17NO. The maximum absolute atomic E-state index is 5.78. The molecule has 0 radical (unpaired) electrons. The lowest BCUT2D eigenvalue weighted by molar-refractivity contribution is 0.297. The third-order valence-corrected chi connectivity index (χ3v) is 3.47. The Morgan fingerprint density at radius 3 is 2.67 bits per heavy atom. The maximum atomic E-state index is 5.78. The van der Waals surface area contributed by atoms with Crippen LogP contribution >= 0.6 is 0 Å². The van der Waals surface area contributed by atoms with E-state index in [1.54, 1.807) is 0 Å². The van der Waals surface area contributed by atoms with Crippen molar-refractivity contribution in [1.29, 1.82) is 0 Å². The molecular weight excluding hydrogens is 222 g/mol. The van der Waals surface area contributed by atoms with Crippen LogP contribution in [0.4, 0.5) is 5.69 Å². The lowest BCUT2D eigenvalue weighted by Crippen LogP contribution is -2.01. The molecule has 0 spiro atoms. The Morgan fingerprint density at radius 2 is 1.89 bits per heavy atom. The number of anilines is 1. The minimum atomic E-state index is 0.647. The fourth-order valence-electron chi connectivity index (χ4n) is 2.35. The molecule has 2 N–H and O–H groups in total. The molecule has 3 rings (SSSR count). The molecule has 92 valence electrons. The number of hydrogen-bond donors (Lipinski definition) is 1. The molecule has 0 unspecified atom stereocenters. The molecule has 0 amide bonds. The molecule has 1 fully saturated rings. The van der Waals surface area contributed by atoms with Crippen LogP contribution in [0.3, 0.4) is 0 Å². The Bertz CT molecular complexity index is 524. The van der Waals surface area contributed by atoms with Crippen molar-refractivity contribution < 1.29 is 4.74 Å². The van der Waals surface area contributed by atoms with Gasteiger partial charge >= 0.3 is 0 Å². The summed E-state index contributed by atoms with van der Waals surface area (Å²) in [5.41, 5.74) is 7.90. The minimum Gasteiger partial charge on any atom is -0.493 e. The average Bonchev–Trinajstić information content (AvgIpc) is 3.17. The molecule has 0 heterocycles. The zero-order valence-corrected chi connectivity index (χ0v) is 10.3. The van der Waals surface area contributed by atoms with E-state index in [1.165, 1.54) is 12.0 Å². The SMILES string of the molecule is Nc1cccc(OC[C@@H]2C[C@H]2c2ccccc2)c1. The van der Waals surface area contributed by atoms with Gasteiger partial charge in [-0.1, -0.05) is 36.4 Å². The van der Waals surface area contributed by atoms with Crippen LogP contribution in [0.25, 0.3) is 0 Å². The van der Waals surface area contributed by atoms with Gasteiger partial charge in [-0.15, -0.1) is 0 Å². The van der Waals surface area contributed by atoms with E-state index in [4.69, 9.17) is 10.5 Å². The van der Waals surface area contributed by atoms with Gasteiger partial charge in [0.25, 0.3) is 0 Å². The number of nitrogens with two attached hydrogens (primary N) is 1. The van der Waals surface area contributed by atoms with Crippen molar-refractivity contribution in [2.24, 2.45) is 5.92 Å². The van der Waals surface area contributed by atoms with Gasteiger partial charge in [0.2, 0.25) is 0 Å². The van der Waals surface area contributed by atoms with E-state index in [-0.39, 0.29) is 0 Å². The summed E-state index contributed by atoms with van der Waals surface area (Å²) in [6.45, 7) is 0.781. The molecule has 2 aromatic carbocycles. The van der Waals surface area contributed by atoms with Gasteiger partial charge in [-0.05, 0) is 30.0 Å². The van der Waals surface area contributed by atoms with E-state index < -0.39 is 0 Å². The predicted octanol–water partition coefficient (Wildman–Crippen LogP) is 3.45. The third kappa shape index (κ3) is 2.48. The van der Waals surface area contributed by atoms with Crippen LogP contribution in [0.5, 0.6) is 5.75 Å². The molecule has 0 saturated heterocycles. The Kier molecular flexibility index (Phi) is 2.93. The molecule has 2 nitrogen and oxygen atoms in total. The minimum absolute atomic E-state index is 0.647. The predicted molar refractivity (Wildman–Crippen MR) is 73.6 cm³/mol. The summed E-state index contributed by atoms with van der Waals surface area (Å²) in [5, 5.41) is 0. The fraction of sp³-hybridized carbons (Fsp3) is 0.250. The number of hydrogen-bond acceptors (Lipinski definition) is 2. The highest BCUT2D eigenvalue weighted by Gasteiger charge is 2.38. The van der Waals surface area contributed by atoms with E-state index in [2.05, 4.69) is 30.3 Å².